The molecule has 2 N–H and O–H groups in total. The van der Waals surface area contributed by atoms with E-state index in [0.717, 1.165) is 6.42 Å². The van der Waals surface area contributed by atoms with E-state index in [2.05, 4.69) is 61.5 Å². The molecular formula is C15H20N2. The second-order valence-electron chi connectivity index (χ2n) is 4.63. The summed E-state index contributed by atoms with van der Waals surface area (Å²) >= 11 is 0. The zero-order valence-corrected chi connectivity index (χ0v) is 10.6. The van der Waals surface area contributed by atoms with Crippen LogP contribution in [0.3, 0.4) is 0 Å². The van der Waals surface area contributed by atoms with E-state index >= 15 is 0 Å². The van der Waals surface area contributed by atoms with Crippen LogP contribution in [0.4, 0.5) is 0 Å². The van der Waals surface area contributed by atoms with Gasteiger partial charge in [-0.05, 0) is 43.4 Å². The molecule has 17 heavy (non-hydrogen) atoms. The predicted molar refractivity (Wildman–Crippen MR) is 74.0 cm³/mol. The molecule has 0 fully saturated rings. The molecule has 2 rings (SSSR count). The Morgan fingerprint density at radius 3 is 2.47 bits per heavy atom. The second-order valence-corrected chi connectivity index (χ2v) is 4.63. The van der Waals surface area contributed by atoms with Gasteiger partial charge in [0.05, 0.1) is 0 Å². The third-order valence-corrected chi connectivity index (χ3v) is 3.25. The molecule has 0 amide bonds. The molecule has 0 aliphatic carbocycles. The van der Waals surface area contributed by atoms with E-state index in [-0.39, 0.29) is 0 Å². The summed E-state index contributed by atoms with van der Waals surface area (Å²) in [4.78, 5) is 2.24. The van der Waals surface area contributed by atoms with Crippen LogP contribution in [-0.4, -0.2) is 25.5 Å². The highest BCUT2D eigenvalue weighted by Gasteiger charge is 2.15. The smallest absolute Gasteiger partial charge is 0.0360 e. The van der Waals surface area contributed by atoms with Crippen LogP contribution >= 0.6 is 0 Å². The molecule has 2 nitrogen and oxygen atoms in total. The molecule has 0 heterocycles. The van der Waals surface area contributed by atoms with Crippen molar-refractivity contribution in [3.8, 4) is 0 Å². The van der Waals surface area contributed by atoms with Crippen LogP contribution in [0.15, 0.2) is 42.5 Å². The van der Waals surface area contributed by atoms with E-state index < -0.39 is 0 Å². The van der Waals surface area contributed by atoms with Gasteiger partial charge in [-0.2, -0.15) is 0 Å². The fourth-order valence-corrected chi connectivity index (χ4v) is 2.39. The first kappa shape index (κ1) is 12.1. The first-order valence-electron chi connectivity index (χ1n) is 6.08. The highest BCUT2D eigenvalue weighted by Crippen LogP contribution is 2.28. The van der Waals surface area contributed by atoms with Gasteiger partial charge in [-0.15, -0.1) is 0 Å². The van der Waals surface area contributed by atoms with Crippen LogP contribution in [0.5, 0.6) is 0 Å². The summed E-state index contributed by atoms with van der Waals surface area (Å²) in [5.74, 6) is 0. The van der Waals surface area contributed by atoms with Crippen molar-refractivity contribution in [2.45, 2.75) is 12.5 Å². The van der Waals surface area contributed by atoms with E-state index in [0.29, 0.717) is 12.6 Å². The summed E-state index contributed by atoms with van der Waals surface area (Å²) in [7, 11) is 4.23. The molecule has 2 aromatic rings. The van der Waals surface area contributed by atoms with Gasteiger partial charge in [0.2, 0.25) is 0 Å². The maximum absolute atomic E-state index is 5.72. The number of benzene rings is 2. The molecule has 1 atom stereocenters. The minimum atomic E-state index is 0.395. The topological polar surface area (TPSA) is 29.3 Å². The standard InChI is InChI=1S/C15H20N2/c1-17(2)15(10-11-16)14-9-5-7-12-6-3-4-8-13(12)14/h3-9,15H,10-11,16H2,1-2H3. The van der Waals surface area contributed by atoms with E-state index in [1.54, 1.807) is 0 Å². The normalized spacial score (nSPS) is 13.2. The molecule has 90 valence electrons. The summed E-state index contributed by atoms with van der Waals surface area (Å²) in [6, 6.07) is 15.4. The first-order valence-corrected chi connectivity index (χ1v) is 6.08. The Labute approximate surface area is 103 Å². The molecule has 0 saturated carbocycles. The molecule has 0 bridgehead atoms. The van der Waals surface area contributed by atoms with E-state index in [1.165, 1.54) is 16.3 Å². The third kappa shape index (κ3) is 2.48. The quantitative estimate of drug-likeness (QED) is 0.872. The average Bonchev–Trinajstić information content (AvgIpc) is 2.35. The van der Waals surface area contributed by atoms with Crippen molar-refractivity contribution >= 4 is 10.8 Å². The lowest BCUT2D eigenvalue weighted by Gasteiger charge is -2.25. The molecular weight excluding hydrogens is 208 g/mol. The number of fused-ring (bicyclic) bond motifs is 1. The Bertz CT molecular complexity index is 486. The first-order chi connectivity index (χ1) is 8.24. The zero-order chi connectivity index (χ0) is 12.3. The van der Waals surface area contributed by atoms with Crippen LogP contribution in [0.1, 0.15) is 18.0 Å². The van der Waals surface area contributed by atoms with Crippen molar-refractivity contribution in [2.24, 2.45) is 5.73 Å². The largest absolute Gasteiger partial charge is 0.330 e. The minimum Gasteiger partial charge on any atom is -0.330 e. The molecule has 1 unspecified atom stereocenters. The van der Waals surface area contributed by atoms with Gasteiger partial charge in [0, 0.05) is 6.04 Å². The Hall–Kier alpha value is -1.38. The van der Waals surface area contributed by atoms with Crippen molar-refractivity contribution in [2.75, 3.05) is 20.6 Å². The maximum Gasteiger partial charge on any atom is 0.0360 e. The monoisotopic (exact) mass is 228 g/mol. The minimum absolute atomic E-state index is 0.395. The Kier molecular flexibility index (Phi) is 3.77. The molecule has 0 spiro atoms. The van der Waals surface area contributed by atoms with Gasteiger partial charge in [0.25, 0.3) is 0 Å². The highest BCUT2D eigenvalue weighted by molar-refractivity contribution is 5.86. The molecule has 0 radical (unpaired) electrons. The second kappa shape index (κ2) is 5.30. The van der Waals surface area contributed by atoms with Crippen LogP contribution in [0, 0.1) is 0 Å². The highest BCUT2D eigenvalue weighted by atomic mass is 15.1. The number of nitrogens with zero attached hydrogens (tertiary/aromatic N) is 1. The van der Waals surface area contributed by atoms with Gasteiger partial charge < -0.3 is 10.6 Å². The van der Waals surface area contributed by atoms with Crippen LogP contribution in [0.25, 0.3) is 10.8 Å². The summed E-state index contributed by atoms with van der Waals surface area (Å²) in [6.45, 7) is 0.714. The fraction of sp³-hybridized carbons (Fsp3) is 0.333. The summed E-state index contributed by atoms with van der Waals surface area (Å²) in [5.41, 5.74) is 7.10. The van der Waals surface area contributed by atoms with Crippen LogP contribution in [-0.2, 0) is 0 Å². The Morgan fingerprint density at radius 2 is 1.76 bits per heavy atom. The molecule has 0 aromatic heterocycles. The summed E-state index contributed by atoms with van der Waals surface area (Å²) in [6.07, 6.45) is 0.987. The van der Waals surface area contributed by atoms with E-state index in [1.807, 2.05) is 0 Å². The van der Waals surface area contributed by atoms with Gasteiger partial charge in [-0.25, -0.2) is 0 Å². The summed E-state index contributed by atoms with van der Waals surface area (Å²) < 4.78 is 0. The van der Waals surface area contributed by atoms with E-state index in [4.69, 9.17) is 5.73 Å². The lowest BCUT2D eigenvalue weighted by atomic mass is 9.96. The zero-order valence-electron chi connectivity index (χ0n) is 10.6. The maximum atomic E-state index is 5.72. The Morgan fingerprint density at radius 1 is 1.06 bits per heavy atom. The third-order valence-electron chi connectivity index (χ3n) is 3.25. The van der Waals surface area contributed by atoms with Crippen molar-refractivity contribution in [1.29, 1.82) is 0 Å². The molecule has 0 aliphatic rings. The summed E-state index contributed by atoms with van der Waals surface area (Å²) in [5, 5.41) is 2.64. The SMILES string of the molecule is CN(C)C(CCN)c1cccc2ccccc12. The van der Waals surface area contributed by atoms with Crippen LogP contribution < -0.4 is 5.73 Å². The molecule has 2 heteroatoms. The van der Waals surface area contributed by atoms with Gasteiger partial charge >= 0.3 is 0 Å². The van der Waals surface area contributed by atoms with Crippen molar-refractivity contribution < 1.29 is 0 Å². The number of rotatable bonds is 4. The molecule has 0 saturated heterocycles. The van der Waals surface area contributed by atoms with Gasteiger partial charge in [-0.3, -0.25) is 0 Å². The average molecular weight is 228 g/mol. The lowest BCUT2D eigenvalue weighted by molar-refractivity contribution is 0.289. The lowest BCUT2D eigenvalue weighted by Crippen LogP contribution is -2.22. The number of hydrogen-bond donors (Lipinski definition) is 1. The molecule has 0 aliphatic heterocycles. The van der Waals surface area contributed by atoms with Crippen LogP contribution in [0.2, 0.25) is 0 Å². The van der Waals surface area contributed by atoms with E-state index in [9.17, 15) is 0 Å². The van der Waals surface area contributed by atoms with Crippen molar-refractivity contribution in [3.63, 3.8) is 0 Å². The molecule has 2 aromatic carbocycles. The Balaban J connectivity index is 2.52. The fourth-order valence-electron chi connectivity index (χ4n) is 2.39. The number of hydrogen-bond acceptors (Lipinski definition) is 2. The van der Waals surface area contributed by atoms with Gasteiger partial charge in [-0.1, -0.05) is 42.5 Å². The predicted octanol–water partition coefficient (Wildman–Crippen LogP) is 2.79. The van der Waals surface area contributed by atoms with Crippen molar-refractivity contribution in [1.82, 2.24) is 4.90 Å². The van der Waals surface area contributed by atoms with Crippen molar-refractivity contribution in [3.05, 3.63) is 48.0 Å². The van der Waals surface area contributed by atoms with Gasteiger partial charge in [0.15, 0.2) is 0 Å². The number of nitrogens with two attached hydrogens (primary N) is 1. The van der Waals surface area contributed by atoms with Gasteiger partial charge in [0.1, 0.15) is 0 Å².